The molecular formula is C18H22FN3O3. The molecule has 0 aliphatic carbocycles. The molecule has 1 atom stereocenters. The lowest BCUT2D eigenvalue weighted by Gasteiger charge is -2.15. The largest absolute Gasteiger partial charge is 0.489 e. The van der Waals surface area contributed by atoms with Crippen molar-refractivity contribution in [3.8, 4) is 16.9 Å². The first kappa shape index (κ1) is 18.7. The summed E-state index contributed by atoms with van der Waals surface area (Å²) in [6.07, 6.45) is 1.04. The third-order valence-electron chi connectivity index (χ3n) is 3.49. The number of carbonyl (C=O) groups is 1. The number of amides is 1. The minimum Gasteiger partial charge on any atom is -0.489 e. The van der Waals surface area contributed by atoms with Crippen molar-refractivity contribution in [2.75, 3.05) is 11.9 Å². The normalized spacial score (nSPS) is 12.0. The number of aromatic nitrogens is 1. The SMILES string of the molecule is CC(C)CC(N)COc1ccc(-c2ccnc(NC(=O)O)c2)cc1F. The molecule has 6 nitrogen and oxygen atoms in total. The van der Waals surface area contributed by atoms with E-state index in [-0.39, 0.29) is 24.2 Å². The van der Waals surface area contributed by atoms with Gasteiger partial charge in [0, 0.05) is 12.2 Å². The van der Waals surface area contributed by atoms with Crippen molar-refractivity contribution in [2.45, 2.75) is 26.3 Å². The Bertz CT molecular complexity index is 737. The number of halogens is 1. The van der Waals surface area contributed by atoms with Crippen LogP contribution in [0.3, 0.4) is 0 Å². The predicted molar refractivity (Wildman–Crippen MR) is 94.2 cm³/mol. The van der Waals surface area contributed by atoms with Gasteiger partial charge in [-0.1, -0.05) is 19.9 Å². The third-order valence-corrected chi connectivity index (χ3v) is 3.49. The lowest BCUT2D eigenvalue weighted by molar-refractivity contribution is 0.209. The van der Waals surface area contributed by atoms with Crippen LogP contribution in [-0.2, 0) is 0 Å². The van der Waals surface area contributed by atoms with E-state index in [0.717, 1.165) is 6.42 Å². The van der Waals surface area contributed by atoms with Crippen molar-refractivity contribution in [3.63, 3.8) is 0 Å². The quantitative estimate of drug-likeness (QED) is 0.709. The number of pyridine rings is 1. The highest BCUT2D eigenvalue weighted by atomic mass is 19.1. The van der Waals surface area contributed by atoms with Gasteiger partial charge >= 0.3 is 6.09 Å². The van der Waals surface area contributed by atoms with Crippen LogP contribution in [0.4, 0.5) is 15.0 Å². The number of benzene rings is 1. The molecule has 1 aromatic heterocycles. The van der Waals surface area contributed by atoms with Crippen molar-refractivity contribution < 1.29 is 19.0 Å². The number of nitrogens with one attached hydrogen (secondary N) is 1. The number of nitrogens with zero attached hydrogens (tertiary/aromatic N) is 1. The summed E-state index contributed by atoms with van der Waals surface area (Å²) in [5.41, 5.74) is 7.17. The van der Waals surface area contributed by atoms with Crippen molar-refractivity contribution in [3.05, 3.63) is 42.3 Å². The number of anilines is 1. The number of hydrogen-bond donors (Lipinski definition) is 3. The first-order chi connectivity index (χ1) is 11.8. The van der Waals surface area contributed by atoms with Crippen LogP contribution >= 0.6 is 0 Å². The van der Waals surface area contributed by atoms with Crippen LogP contribution in [0.1, 0.15) is 20.3 Å². The summed E-state index contributed by atoms with van der Waals surface area (Å²) in [5.74, 6) is 0.260. The first-order valence-corrected chi connectivity index (χ1v) is 7.99. The molecule has 1 heterocycles. The summed E-state index contributed by atoms with van der Waals surface area (Å²) >= 11 is 0. The predicted octanol–water partition coefficient (Wildman–Crippen LogP) is 3.73. The molecule has 0 spiro atoms. The Morgan fingerprint density at radius 2 is 2.04 bits per heavy atom. The highest BCUT2D eigenvalue weighted by Crippen LogP contribution is 2.27. The average molecular weight is 347 g/mol. The maximum absolute atomic E-state index is 14.3. The molecular weight excluding hydrogens is 325 g/mol. The summed E-state index contributed by atoms with van der Waals surface area (Å²) in [4.78, 5) is 14.6. The molecule has 2 rings (SSSR count). The second kappa shape index (κ2) is 8.43. The zero-order chi connectivity index (χ0) is 18.4. The van der Waals surface area contributed by atoms with Crippen molar-refractivity contribution >= 4 is 11.9 Å². The van der Waals surface area contributed by atoms with Gasteiger partial charge in [-0.25, -0.2) is 14.2 Å². The van der Waals surface area contributed by atoms with E-state index in [1.807, 2.05) is 0 Å². The van der Waals surface area contributed by atoms with Crippen LogP contribution < -0.4 is 15.8 Å². The Balaban J connectivity index is 2.10. The molecule has 7 heteroatoms. The number of nitrogens with two attached hydrogens (primary N) is 1. The van der Waals surface area contributed by atoms with Crippen LogP contribution in [0.2, 0.25) is 0 Å². The summed E-state index contributed by atoms with van der Waals surface area (Å²) in [6, 6.07) is 7.62. The van der Waals surface area contributed by atoms with Gasteiger partial charge in [0.25, 0.3) is 0 Å². The monoisotopic (exact) mass is 347 g/mol. The molecule has 0 saturated heterocycles. The van der Waals surface area contributed by atoms with E-state index in [0.29, 0.717) is 17.0 Å². The van der Waals surface area contributed by atoms with E-state index in [2.05, 4.69) is 24.1 Å². The van der Waals surface area contributed by atoms with Gasteiger partial charge in [-0.15, -0.1) is 0 Å². The molecule has 25 heavy (non-hydrogen) atoms. The second-order valence-corrected chi connectivity index (χ2v) is 6.21. The summed E-state index contributed by atoms with van der Waals surface area (Å²) in [5, 5.41) is 10.9. The Morgan fingerprint density at radius 3 is 2.68 bits per heavy atom. The summed E-state index contributed by atoms with van der Waals surface area (Å²) in [7, 11) is 0. The average Bonchev–Trinajstić information content (AvgIpc) is 2.52. The highest BCUT2D eigenvalue weighted by Gasteiger charge is 2.11. The van der Waals surface area contributed by atoms with E-state index in [4.69, 9.17) is 15.6 Å². The van der Waals surface area contributed by atoms with Crippen molar-refractivity contribution in [2.24, 2.45) is 11.7 Å². The lowest BCUT2D eigenvalue weighted by atomic mass is 10.1. The van der Waals surface area contributed by atoms with Gasteiger partial charge in [-0.3, -0.25) is 5.32 Å². The van der Waals surface area contributed by atoms with Crippen LogP contribution in [0.5, 0.6) is 5.75 Å². The molecule has 0 radical (unpaired) electrons. The molecule has 1 unspecified atom stereocenters. The van der Waals surface area contributed by atoms with Gasteiger partial charge < -0.3 is 15.6 Å². The molecule has 1 aromatic carbocycles. The Labute approximate surface area is 145 Å². The fourth-order valence-electron chi connectivity index (χ4n) is 2.46. The topological polar surface area (TPSA) is 97.5 Å². The molecule has 1 amide bonds. The molecule has 2 aromatic rings. The van der Waals surface area contributed by atoms with E-state index >= 15 is 0 Å². The van der Waals surface area contributed by atoms with Crippen LogP contribution in [0, 0.1) is 11.7 Å². The van der Waals surface area contributed by atoms with Gasteiger partial charge in [-0.2, -0.15) is 0 Å². The molecule has 4 N–H and O–H groups in total. The minimum absolute atomic E-state index is 0.140. The summed E-state index contributed by atoms with van der Waals surface area (Å²) < 4.78 is 19.7. The zero-order valence-electron chi connectivity index (χ0n) is 14.2. The van der Waals surface area contributed by atoms with Crippen LogP contribution in [0.15, 0.2) is 36.5 Å². The maximum atomic E-state index is 14.3. The van der Waals surface area contributed by atoms with E-state index in [1.54, 1.807) is 12.1 Å². The minimum atomic E-state index is -1.21. The number of rotatable bonds is 7. The van der Waals surface area contributed by atoms with Gasteiger partial charge in [0.2, 0.25) is 0 Å². The smallest absolute Gasteiger partial charge is 0.410 e. The lowest BCUT2D eigenvalue weighted by Crippen LogP contribution is -2.29. The van der Waals surface area contributed by atoms with E-state index < -0.39 is 11.9 Å². The maximum Gasteiger partial charge on any atom is 0.410 e. The van der Waals surface area contributed by atoms with Crippen molar-refractivity contribution in [1.29, 1.82) is 0 Å². The number of carboxylic acid groups (broad SMARTS) is 1. The standard InChI is InChI=1S/C18H22FN3O3/c1-11(2)7-14(20)10-25-16-4-3-12(8-15(16)19)13-5-6-21-17(9-13)22-18(23)24/h3-6,8-9,11,14H,7,10,20H2,1-2H3,(H,21,22)(H,23,24). The Hall–Kier alpha value is -2.67. The third kappa shape index (κ3) is 5.72. The molecule has 0 aliphatic rings. The first-order valence-electron chi connectivity index (χ1n) is 7.99. The Kier molecular flexibility index (Phi) is 6.30. The zero-order valence-corrected chi connectivity index (χ0v) is 14.2. The number of ether oxygens (including phenoxy) is 1. The van der Waals surface area contributed by atoms with Crippen LogP contribution in [-0.4, -0.2) is 28.8 Å². The second-order valence-electron chi connectivity index (χ2n) is 6.21. The molecule has 0 fully saturated rings. The van der Waals surface area contributed by atoms with Crippen LogP contribution in [0.25, 0.3) is 11.1 Å². The summed E-state index contributed by atoms with van der Waals surface area (Å²) in [6.45, 7) is 4.38. The fourth-order valence-corrected chi connectivity index (χ4v) is 2.46. The molecule has 0 saturated carbocycles. The van der Waals surface area contributed by atoms with E-state index in [1.165, 1.54) is 24.4 Å². The molecule has 0 aliphatic heterocycles. The van der Waals surface area contributed by atoms with Gasteiger partial charge in [-0.05, 0) is 47.7 Å². The van der Waals surface area contributed by atoms with Gasteiger partial charge in [0.1, 0.15) is 12.4 Å². The van der Waals surface area contributed by atoms with Gasteiger partial charge in [0.05, 0.1) is 0 Å². The van der Waals surface area contributed by atoms with Gasteiger partial charge in [0.15, 0.2) is 11.6 Å². The Morgan fingerprint density at radius 1 is 1.32 bits per heavy atom. The highest BCUT2D eigenvalue weighted by molar-refractivity contribution is 5.82. The van der Waals surface area contributed by atoms with Crippen molar-refractivity contribution in [1.82, 2.24) is 4.98 Å². The molecule has 134 valence electrons. The number of hydrogen-bond acceptors (Lipinski definition) is 4. The molecule has 0 bridgehead atoms. The fraction of sp³-hybridized carbons (Fsp3) is 0.333. The van der Waals surface area contributed by atoms with E-state index in [9.17, 15) is 9.18 Å².